The van der Waals surface area contributed by atoms with Gasteiger partial charge in [0.2, 0.25) is 0 Å². The van der Waals surface area contributed by atoms with Gasteiger partial charge in [0.25, 0.3) is 0 Å². The first-order valence-electron chi connectivity index (χ1n) is 9.93. The van der Waals surface area contributed by atoms with E-state index in [4.69, 9.17) is 14.2 Å². The van der Waals surface area contributed by atoms with Gasteiger partial charge in [-0.25, -0.2) is 0 Å². The molecule has 0 saturated carbocycles. The maximum Gasteiger partial charge on any atom is 0.191 e. The third kappa shape index (κ3) is 9.64. The fraction of sp³-hybridized carbons (Fsp3) is 0.500. The number of benzene rings is 2. The number of nitrogens with zero attached hydrogens (tertiary/aromatic N) is 1. The van der Waals surface area contributed by atoms with E-state index in [0.717, 1.165) is 31.2 Å². The van der Waals surface area contributed by atoms with Gasteiger partial charge in [-0.2, -0.15) is 0 Å². The number of aliphatic imine (C=N–C) groups is 1. The van der Waals surface area contributed by atoms with Crippen LogP contribution in [0.2, 0.25) is 0 Å². The number of hydrogen-bond donors (Lipinski definition) is 2. The Morgan fingerprint density at radius 2 is 1.66 bits per heavy atom. The van der Waals surface area contributed by atoms with Gasteiger partial charge in [0.1, 0.15) is 5.75 Å². The zero-order valence-electron chi connectivity index (χ0n) is 17.7. The Labute approximate surface area is 191 Å². The number of rotatable bonds is 12. The van der Waals surface area contributed by atoms with E-state index in [9.17, 15) is 0 Å². The van der Waals surface area contributed by atoms with E-state index in [-0.39, 0.29) is 24.0 Å². The van der Waals surface area contributed by atoms with Crippen LogP contribution in [-0.2, 0) is 16.0 Å². The Hall–Kier alpha value is -1.58. The van der Waals surface area contributed by atoms with Gasteiger partial charge in [0.15, 0.2) is 5.96 Å². The quantitative estimate of drug-likeness (QED) is 0.194. The molecule has 0 amide bonds. The van der Waals surface area contributed by atoms with Crippen molar-refractivity contribution in [1.29, 1.82) is 0 Å². The molecule has 29 heavy (non-hydrogen) atoms. The predicted molar refractivity (Wildman–Crippen MR) is 131 cm³/mol. The SMILES string of the molecule is CCCCOCCOCCNC(=NC)NCc1ccc2cc(OC)ccc2c1.I. The Morgan fingerprint density at radius 3 is 2.38 bits per heavy atom. The fourth-order valence-electron chi connectivity index (χ4n) is 2.73. The lowest BCUT2D eigenvalue weighted by atomic mass is 10.1. The van der Waals surface area contributed by atoms with Crippen LogP contribution in [0.1, 0.15) is 25.3 Å². The van der Waals surface area contributed by atoms with Gasteiger partial charge in [0, 0.05) is 26.7 Å². The number of unbranched alkanes of at least 4 members (excludes halogenated alkanes) is 1. The third-order valence-electron chi connectivity index (χ3n) is 4.35. The van der Waals surface area contributed by atoms with Crippen LogP contribution in [0.3, 0.4) is 0 Å². The number of hydrogen-bond acceptors (Lipinski definition) is 4. The fourth-order valence-corrected chi connectivity index (χ4v) is 2.73. The van der Waals surface area contributed by atoms with Crippen LogP contribution < -0.4 is 15.4 Å². The van der Waals surface area contributed by atoms with Crippen LogP contribution in [0.15, 0.2) is 41.4 Å². The van der Waals surface area contributed by atoms with E-state index in [1.54, 1.807) is 14.2 Å². The molecule has 2 aromatic rings. The summed E-state index contributed by atoms with van der Waals surface area (Å²) in [5, 5.41) is 8.95. The van der Waals surface area contributed by atoms with Crippen molar-refractivity contribution in [3.8, 4) is 5.75 Å². The Bertz CT molecular complexity index is 740. The molecule has 0 bridgehead atoms. The first kappa shape index (κ1) is 25.5. The molecule has 0 aliphatic heterocycles. The maximum atomic E-state index is 5.56. The predicted octanol–water partition coefficient (Wildman–Crippen LogP) is 3.96. The second-order valence-electron chi connectivity index (χ2n) is 6.48. The molecule has 6 nitrogen and oxygen atoms in total. The van der Waals surface area contributed by atoms with Crippen LogP contribution in [0, 0.1) is 0 Å². The normalized spacial score (nSPS) is 11.2. The molecule has 0 unspecified atom stereocenters. The molecule has 7 heteroatoms. The monoisotopic (exact) mass is 515 g/mol. The van der Waals surface area contributed by atoms with Crippen molar-refractivity contribution in [2.45, 2.75) is 26.3 Å². The van der Waals surface area contributed by atoms with Gasteiger partial charge in [-0.15, -0.1) is 24.0 Å². The zero-order chi connectivity index (χ0) is 20.0. The second-order valence-corrected chi connectivity index (χ2v) is 6.48. The van der Waals surface area contributed by atoms with Gasteiger partial charge in [0.05, 0.1) is 26.9 Å². The topological polar surface area (TPSA) is 64.1 Å². The van der Waals surface area contributed by atoms with Gasteiger partial charge in [-0.3, -0.25) is 4.99 Å². The van der Waals surface area contributed by atoms with E-state index in [1.165, 1.54) is 16.3 Å². The van der Waals surface area contributed by atoms with Crippen LogP contribution in [0.4, 0.5) is 0 Å². The van der Waals surface area contributed by atoms with Crippen LogP contribution >= 0.6 is 24.0 Å². The molecule has 162 valence electrons. The Balaban J connectivity index is 0.00000420. The van der Waals surface area contributed by atoms with E-state index >= 15 is 0 Å². The standard InChI is InChI=1S/C22H33N3O3.HI/c1-4-5-11-27-13-14-28-12-10-24-22(23-2)25-17-18-6-7-20-16-21(26-3)9-8-19(20)15-18;/h6-9,15-16H,4-5,10-14,17H2,1-3H3,(H2,23,24,25);1H. The average Bonchev–Trinajstić information content (AvgIpc) is 2.74. The van der Waals surface area contributed by atoms with E-state index < -0.39 is 0 Å². The average molecular weight is 515 g/mol. The number of nitrogens with one attached hydrogen (secondary N) is 2. The van der Waals surface area contributed by atoms with Crippen molar-refractivity contribution < 1.29 is 14.2 Å². The van der Waals surface area contributed by atoms with Gasteiger partial charge in [-0.1, -0.05) is 31.5 Å². The summed E-state index contributed by atoms with van der Waals surface area (Å²) in [5.74, 6) is 1.63. The summed E-state index contributed by atoms with van der Waals surface area (Å²) in [4.78, 5) is 4.25. The molecule has 0 fully saturated rings. The highest BCUT2D eigenvalue weighted by Crippen LogP contribution is 2.21. The first-order chi connectivity index (χ1) is 13.8. The number of methoxy groups -OCH3 is 1. The minimum atomic E-state index is 0. The highest BCUT2D eigenvalue weighted by molar-refractivity contribution is 14.0. The lowest BCUT2D eigenvalue weighted by Gasteiger charge is -2.13. The number of halogens is 1. The van der Waals surface area contributed by atoms with Gasteiger partial charge in [-0.05, 0) is 41.0 Å². The molecule has 2 rings (SSSR count). The van der Waals surface area contributed by atoms with Crippen LogP contribution in [0.5, 0.6) is 5.75 Å². The van der Waals surface area contributed by atoms with Crippen molar-refractivity contribution in [1.82, 2.24) is 10.6 Å². The van der Waals surface area contributed by atoms with Gasteiger partial charge >= 0.3 is 0 Å². The minimum Gasteiger partial charge on any atom is -0.497 e. The molecule has 0 spiro atoms. The highest BCUT2D eigenvalue weighted by Gasteiger charge is 2.01. The molecule has 0 saturated heterocycles. The van der Waals surface area contributed by atoms with Crippen molar-refractivity contribution in [3.05, 3.63) is 42.0 Å². The molecule has 0 radical (unpaired) electrons. The largest absolute Gasteiger partial charge is 0.497 e. The molecule has 2 N–H and O–H groups in total. The molecule has 0 aromatic heterocycles. The molecule has 0 aliphatic carbocycles. The number of guanidine groups is 1. The summed E-state index contributed by atoms with van der Waals surface area (Å²) in [7, 11) is 3.45. The minimum absolute atomic E-state index is 0. The van der Waals surface area contributed by atoms with Crippen LogP contribution in [0.25, 0.3) is 10.8 Å². The Kier molecular flexibility index (Phi) is 13.4. The summed E-state index contributed by atoms with van der Waals surface area (Å²) >= 11 is 0. The van der Waals surface area contributed by atoms with Crippen LogP contribution in [-0.4, -0.2) is 53.1 Å². The summed E-state index contributed by atoms with van der Waals surface area (Å²) < 4.78 is 16.3. The molecular weight excluding hydrogens is 481 g/mol. The zero-order valence-corrected chi connectivity index (χ0v) is 20.0. The first-order valence-corrected chi connectivity index (χ1v) is 9.93. The van der Waals surface area contributed by atoms with E-state index in [0.29, 0.717) is 32.9 Å². The summed E-state index contributed by atoms with van der Waals surface area (Å²) in [6, 6.07) is 12.5. The molecule has 0 atom stereocenters. The second kappa shape index (κ2) is 15.3. The van der Waals surface area contributed by atoms with Gasteiger partial charge < -0.3 is 24.8 Å². The summed E-state index contributed by atoms with van der Waals surface area (Å²) in [5.41, 5.74) is 1.20. The van der Waals surface area contributed by atoms with E-state index in [1.807, 2.05) is 12.1 Å². The molecule has 2 aromatic carbocycles. The molecule has 0 aliphatic rings. The summed E-state index contributed by atoms with van der Waals surface area (Å²) in [6.07, 6.45) is 2.26. The smallest absolute Gasteiger partial charge is 0.191 e. The lowest BCUT2D eigenvalue weighted by Crippen LogP contribution is -2.38. The number of ether oxygens (including phenoxy) is 3. The highest BCUT2D eigenvalue weighted by atomic mass is 127. The summed E-state index contributed by atoms with van der Waals surface area (Å²) in [6.45, 7) is 6.27. The van der Waals surface area contributed by atoms with Crippen molar-refractivity contribution in [2.75, 3.05) is 47.1 Å². The lowest BCUT2D eigenvalue weighted by molar-refractivity contribution is 0.0487. The van der Waals surface area contributed by atoms with Crippen molar-refractivity contribution in [2.24, 2.45) is 4.99 Å². The maximum absolute atomic E-state index is 5.56. The third-order valence-corrected chi connectivity index (χ3v) is 4.35. The number of fused-ring (bicyclic) bond motifs is 1. The van der Waals surface area contributed by atoms with Crippen molar-refractivity contribution in [3.63, 3.8) is 0 Å². The molecular formula is C22H34IN3O3. The van der Waals surface area contributed by atoms with Crippen molar-refractivity contribution >= 4 is 40.7 Å². The molecule has 0 heterocycles. The van der Waals surface area contributed by atoms with E-state index in [2.05, 4.69) is 46.8 Å². The Morgan fingerprint density at radius 1 is 0.931 bits per heavy atom.